The average Bonchev–Trinajstić information content (AvgIpc) is 3.23. The fourth-order valence-electron chi connectivity index (χ4n) is 4.15. The van der Waals surface area contributed by atoms with Crippen LogP contribution in [0.25, 0.3) is 11.3 Å². The average molecular weight is 486 g/mol. The predicted molar refractivity (Wildman–Crippen MR) is 120 cm³/mol. The number of carbonyl (C=O) groups excluding carboxylic acids is 2. The summed E-state index contributed by atoms with van der Waals surface area (Å²) in [6, 6.07) is 11.4. The molecule has 1 unspecified atom stereocenters. The fourth-order valence-corrected chi connectivity index (χ4v) is 4.40. The van der Waals surface area contributed by atoms with E-state index in [0.29, 0.717) is 37.7 Å². The van der Waals surface area contributed by atoms with Gasteiger partial charge in [-0.2, -0.15) is 0 Å². The highest BCUT2D eigenvalue weighted by Gasteiger charge is 2.35. The number of hydrogen-bond acceptors (Lipinski definition) is 6. The topological polar surface area (TPSA) is 85.1 Å². The number of ether oxygens (including phenoxy) is 2. The quantitative estimate of drug-likeness (QED) is 0.564. The van der Waals surface area contributed by atoms with Gasteiger partial charge >= 0.3 is 0 Å². The van der Waals surface area contributed by atoms with Gasteiger partial charge in [-0.15, -0.1) is 0 Å². The molecule has 5 rings (SSSR count). The van der Waals surface area contributed by atoms with Crippen LogP contribution in [0.3, 0.4) is 0 Å². The Bertz CT molecular complexity index is 1230. The summed E-state index contributed by atoms with van der Waals surface area (Å²) in [6.07, 6.45) is -0.743. The van der Waals surface area contributed by atoms with Gasteiger partial charge in [-0.25, -0.2) is 4.39 Å². The van der Waals surface area contributed by atoms with E-state index in [0.717, 1.165) is 0 Å². The summed E-state index contributed by atoms with van der Waals surface area (Å²) < 4.78 is 31.2. The molecule has 1 atom stereocenters. The van der Waals surface area contributed by atoms with Crippen LogP contribution in [-0.4, -0.2) is 65.7 Å². The molecular weight excluding hydrogens is 465 g/mol. The number of hydrogen-bond donors (Lipinski definition) is 0. The zero-order valence-electron chi connectivity index (χ0n) is 18.3. The molecule has 34 heavy (non-hydrogen) atoms. The lowest BCUT2D eigenvalue weighted by Gasteiger charge is -2.37. The molecular formula is C24H21ClFN3O5. The Balaban J connectivity index is 1.28. The molecule has 2 aromatic carbocycles. The number of piperazine rings is 1. The molecule has 2 aliphatic rings. The van der Waals surface area contributed by atoms with Crippen molar-refractivity contribution in [1.29, 1.82) is 0 Å². The maximum absolute atomic E-state index is 14.5. The van der Waals surface area contributed by atoms with Gasteiger partial charge in [-0.05, 0) is 31.2 Å². The lowest BCUT2D eigenvalue weighted by molar-refractivity contribution is -0.142. The van der Waals surface area contributed by atoms with Crippen molar-refractivity contribution in [2.45, 2.75) is 13.0 Å². The van der Waals surface area contributed by atoms with Gasteiger partial charge in [0.2, 0.25) is 6.10 Å². The number of aryl methyl sites for hydroxylation is 1. The van der Waals surface area contributed by atoms with E-state index >= 15 is 0 Å². The van der Waals surface area contributed by atoms with E-state index < -0.39 is 11.9 Å². The Morgan fingerprint density at radius 3 is 2.47 bits per heavy atom. The smallest absolute Gasteiger partial charge is 0.267 e. The van der Waals surface area contributed by atoms with Crippen molar-refractivity contribution >= 4 is 23.4 Å². The Morgan fingerprint density at radius 2 is 1.74 bits per heavy atom. The molecule has 3 aromatic rings. The number of benzene rings is 2. The monoisotopic (exact) mass is 485 g/mol. The van der Waals surface area contributed by atoms with Crippen molar-refractivity contribution in [3.05, 3.63) is 64.6 Å². The molecule has 2 aliphatic heterocycles. The lowest BCUT2D eigenvalue weighted by atomic mass is 10.0. The molecule has 2 amide bonds. The second-order valence-corrected chi connectivity index (χ2v) is 8.45. The third kappa shape index (κ3) is 3.96. The van der Waals surface area contributed by atoms with Crippen molar-refractivity contribution in [2.24, 2.45) is 0 Å². The highest BCUT2D eigenvalue weighted by atomic mass is 35.5. The van der Waals surface area contributed by atoms with Gasteiger partial charge in [0.05, 0.1) is 10.6 Å². The van der Waals surface area contributed by atoms with Gasteiger partial charge in [0.25, 0.3) is 11.8 Å². The standard InChI is InChI=1S/C24H21ClFN3O5/c1-14-20(22(27-34-14)21-15(25)5-4-6-16(21)26)24(31)29-11-9-28(10-12-29)23(30)19-13-32-17-7-2-3-8-18(17)33-19/h2-8,19H,9-13H2,1H3. The van der Waals surface area contributed by atoms with Gasteiger partial charge in [0.1, 0.15) is 29.4 Å². The summed E-state index contributed by atoms with van der Waals surface area (Å²) in [5.41, 5.74) is 0.246. The summed E-state index contributed by atoms with van der Waals surface area (Å²) in [4.78, 5) is 29.5. The molecule has 3 heterocycles. The van der Waals surface area contributed by atoms with Gasteiger partial charge < -0.3 is 23.8 Å². The van der Waals surface area contributed by atoms with E-state index in [-0.39, 0.29) is 46.0 Å². The first-order valence-electron chi connectivity index (χ1n) is 10.8. The highest BCUT2D eigenvalue weighted by Crippen LogP contribution is 2.34. The highest BCUT2D eigenvalue weighted by molar-refractivity contribution is 6.33. The first kappa shape index (κ1) is 22.2. The van der Waals surface area contributed by atoms with Crippen LogP contribution in [0.2, 0.25) is 5.02 Å². The Hall–Kier alpha value is -3.59. The summed E-state index contributed by atoms with van der Waals surface area (Å²) in [5, 5.41) is 4.04. The largest absolute Gasteiger partial charge is 0.485 e. The van der Waals surface area contributed by atoms with E-state index in [1.807, 2.05) is 12.1 Å². The molecule has 0 radical (unpaired) electrons. The molecule has 0 spiro atoms. The second-order valence-electron chi connectivity index (χ2n) is 8.04. The summed E-state index contributed by atoms with van der Waals surface area (Å²) in [5.74, 6) is 0.263. The van der Waals surface area contributed by atoms with E-state index in [1.54, 1.807) is 28.9 Å². The molecule has 1 saturated heterocycles. The van der Waals surface area contributed by atoms with Crippen LogP contribution in [-0.2, 0) is 4.79 Å². The number of rotatable bonds is 3. The number of para-hydroxylation sites is 2. The lowest BCUT2D eigenvalue weighted by Crippen LogP contribution is -2.55. The second kappa shape index (κ2) is 8.98. The van der Waals surface area contributed by atoms with E-state index in [9.17, 15) is 14.0 Å². The number of halogens is 2. The minimum Gasteiger partial charge on any atom is -0.485 e. The van der Waals surface area contributed by atoms with E-state index in [1.165, 1.54) is 18.2 Å². The fraction of sp³-hybridized carbons (Fsp3) is 0.292. The van der Waals surface area contributed by atoms with Crippen molar-refractivity contribution < 1.29 is 28.0 Å². The van der Waals surface area contributed by atoms with Crippen LogP contribution < -0.4 is 9.47 Å². The first-order chi connectivity index (χ1) is 16.4. The minimum absolute atomic E-state index is 0.0212. The summed E-state index contributed by atoms with van der Waals surface area (Å²) in [7, 11) is 0. The van der Waals surface area contributed by atoms with Crippen LogP contribution in [0.4, 0.5) is 4.39 Å². The van der Waals surface area contributed by atoms with Gasteiger partial charge in [-0.3, -0.25) is 9.59 Å². The van der Waals surface area contributed by atoms with Crippen LogP contribution >= 0.6 is 11.6 Å². The van der Waals surface area contributed by atoms with Crippen molar-refractivity contribution in [2.75, 3.05) is 32.8 Å². The zero-order valence-corrected chi connectivity index (χ0v) is 19.0. The molecule has 0 aliphatic carbocycles. The summed E-state index contributed by atoms with van der Waals surface area (Å²) in [6.45, 7) is 2.96. The predicted octanol–water partition coefficient (Wildman–Crippen LogP) is 3.57. The van der Waals surface area contributed by atoms with E-state index in [2.05, 4.69) is 5.16 Å². The number of amides is 2. The Labute approximate surface area is 199 Å². The third-order valence-corrected chi connectivity index (χ3v) is 6.25. The van der Waals surface area contributed by atoms with Crippen LogP contribution in [0.1, 0.15) is 16.1 Å². The van der Waals surface area contributed by atoms with Crippen molar-refractivity contribution in [3.63, 3.8) is 0 Å². The van der Waals surface area contributed by atoms with Gasteiger partial charge in [-0.1, -0.05) is 35.0 Å². The van der Waals surface area contributed by atoms with Crippen molar-refractivity contribution in [3.8, 4) is 22.8 Å². The maximum Gasteiger partial charge on any atom is 0.267 e. The minimum atomic E-state index is -0.743. The number of nitrogens with zero attached hydrogens (tertiary/aromatic N) is 3. The number of fused-ring (bicyclic) bond motifs is 1. The Morgan fingerprint density at radius 1 is 1.03 bits per heavy atom. The molecule has 10 heteroatoms. The molecule has 0 bridgehead atoms. The number of carbonyl (C=O) groups is 2. The van der Waals surface area contributed by atoms with Crippen LogP contribution in [0.15, 0.2) is 47.0 Å². The maximum atomic E-state index is 14.5. The van der Waals surface area contributed by atoms with Gasteiger partial charge in [0.15, 0.2) is 11.5 Å². The zero-order chi connectivity index (χ0) is 23.8. The molecule has 1 aromatic heterocycles. The van der Waals surface area contributed by atoms with Crippen molar-refractivity contribution in [1.82, 2.24) is 15.0 Å². The summed E-state index contributed by atoms with van der Waals surface area (Å²) >= 11 is 6.18. The SMILES string of the molecule is Cc1onc(-c2c(F)cccc2Cl)c1C(=O)N1CCN(C(=O)C2COc3ccccc3O2)CC1. The number of aromatic nitrogens is 1. The normalized spacial score (nSPS) is 17.6. The van der Waals surface area contributed by atoms with Crippen LogP contribution in [0, 0.1) is 12.7 Å². The Kier molecular flexibility index (Phi) is 5.87. The third-order valence-electron chi connectivity index (χ3n) is 5.94. The molecule has 1 fully saturated rings. The first-order valence-corrected chi connectivity index (χ1v) is 11.2. The molecule has 0 saturated carbocycles. The van der Waals surface area contributed by atoms with E-state index in [4.69, 9.17) is 25.6 Å². The van der Waals surface area contributed by atoms with Gasteiger partial charge in [0, 0.05) is 26.2 Å². The molecule has 8 nitrogen and oxygen atoms in total. The molecule has 176 valence electrons. The molecule has 0 N–H and O–H groups in total. The van der Waals surface area contributed by atoms with Crippen LogP contribution in [0.5, 0.6) is 11.5 Å².